The van der Waals surface area contributed by atoms with Gasteiger partial charge in [-0.05, 0) is 12.1 Å². The Morgan fingerprint density at radius 3 is 2.46 bits per heavy atom. The number of rotatable bonds is 2. The predicted molar refractivity (Wildman–Crippen MR) is 50.4 cm³/mol. The van der Waals surface area contributed by atoms with Crippen LogP contribution < -0.4 is 5.73 Å². The van der Waals surface area contributed by atoms with E-state index in [1.165, 1.54) is 12.1 Å². The molecule has 0 aliphatic heterocycles. The first-order valence-electron chi connectivity index (χ1n) is 3.57. The number of hydrogen-bond acceptors (Lipinski definition) is 2. The lowest BCUT2D eigenvalue weighted by Gasteiger charge is -2.12. The molecule has 0 saturated carbocycles. The van der Waals surface area contributed by atoms with Gasteiger partial charge in [-0.25, -0.2) is 4.39 Å². The van der Waals surface area contributed by atoms with E-state index in [0.29, 0.717) is 0 Å². The average Bonchev–Trinajstić information content (AvgIpc) is 2.12. The molecule has 1 rings (SSSR count). The molecule has 0 heterocycles. The maximum atomic E-state index is 13.3. The zero-order valence-electron chi connectivity index (χ0n) is 6.60. The summed E-state index contributed by atoms with van der Waals surface area (Å²) in [7, 11) is 0. The third-order valence-electron chi connectivity index (χ3n) is 1.65. The lowest BCUT2D eigenvalue weighted by atomic mass is 10.1. The number of nitrogens with two attached hydrogens (primary N) is 1. The van der Waals surface area contributed by atoms with Crippen LogP contribution in [0.4, 0.5) is 4.39 Å². The number of halogens is 3. The van der Waals surface area contributed by atoms with E-state index >= 15 is 0 Å². The predicted octanol–water partition coefficient (Wildman–Crippen LogP) is 2.12. The van der Waals surface area contributed by atoms with Crippen molar-refractivity contribution in [1.29, 1.82) is 0 Å². The van der Waals surface area contributed by atoms with Gasteiger partial charge in [0.15, 0.2) is 0 Å². The largest absolute Gasteiger partial charge is 0.394 e. The average molecular weight is 224 g/mol. The van der Waals surface area contributed by atoms with Crippen LogP contribution in [-0.4, -0.2) is 11.7 Å². The third-order valence-corrected chi connectivity index (χ3v) is 2.27. The molecular weight excluding hydrogens is 216 g/mol. The molecule has 2 nitrogen and oxygen atoms in total. The highest BCUT2D eigenvalue weighted by Gasteiger charge is 2.16. The molecule has 0 saturated heterocycles. The van der Waals surface area contributed by atoms with E-state index in [1.54, 1.807) is 0 Å². The van der Waals surface area contributed by atoms with Crippen LogP contribution in [-0.2, 0) is 0 Å². The van der Waals surface area contributed by atoms with E-state index in [4.69, 9.17) is 34.0 Å². The molecule has 5 heteroatoms. The molecule has 1 unspecified atom stereocenters. The van der Waals surface area contributed by atoms with Crippen LogP contribution in [0.25, 0.3) is 0 Å². The quantitative estimate of drug-likeness (QED) is 0.755. The molecule has 0 aliphatic rings. The zero-order valence-corrected chi connectivity index (χ0v) is 8.11. The molecule has 1 aromatic carbocycles. The first-order valence-corrected chi connectivity index (χ1v) is 4.33. The standard InChI is InChI=1S/C8H8Cl2FNO/c9-4-1-2-5(10)8(11)7(4)6(12)3-13/h1-2,6,13H,3,12H2. The summed E-state index contributed by atoms with van der Waals surface area (Å²) in [4.78, 5) is 0. The van der Waals surface area contributed by atoms with Gasteiger partial charge in [0.25, 0.3) is 0 Å². The van der Waals surface area contributed by atoms with Crippen molar-refractivity contribution in [1.82, 2.24) is 0 Å². The minimum Gasteiger partial charge on any atom is -0.394 e. The Balaban J connectivity index is 3.25. The van der Waals surface area contributed by atoms with E-state index in [-0.39, 0.29) is 22.2 Å². The second-order valence-electron chi connectivity index (χ2n) is 2.55. The smallest absolute Gasteiger partial charge is 0.148 e. The first-order chi connectivity index (χ1) is 6.07. The van der Waals surface area contributed by atoms with Crippen molar-refractivity contribution in [2.24, 2.45) is 5.73 Å². The number of hydrogen-bond donors (Lipinski definition) is 2. The fraction of sp³-hybridized carbons (Fsp3) is 0.250. The second-order valence-corrected chi connectivity index (χ2v) is 3.36. The fourth-order valence-electron chi connectivity index (χ4n) is 0.974. The maximum absolute atomic E-state index is 13.3. The summed E-state index contributed by atoms with van der Waals surface area (Å²) in [5, 5.41) is 8.85. The summed E-state index contributed by atoms with van der Waals surface area (Å²) >= 11 is 11.2. The highest BCUT2D eigenvalue weighted by atomic mass is 35.5. The van der Waals surface area contributed by atoms with Crippen molar-refractivity contribution in [2.75, 3.05) is 6.61 Å². The Hall–Kier alpha value is -0.350. The van der Waals surface area contributed by atoms with Gasteiger partial charge in [0.1, 0.15) is 5.82 Å². The van der Waals surface area contributed by atoms with Crippen LogP contribution >= 0.6 is 23.2 Å². The fourth-order valence-corrected chi connectivity index (χ4v) is 1.42. The molecule has 1 aromatic rings. The Morgan fingerprint density at radius 1 is 1.38 bits per heavy atom. The number of benzene rings is 1. The van der Waals surface area contributed by atoms with Crippen LogP contribution in [0.1, 0.15) is 11.6 Å². The summed E-state index contributed by atoms with van der Waals surface area (Å²) in [6.07, 6.45) is 0. The van der Waals surface area contributed by atoms with Crippen molar-refractivity contribution in [3.8, 4) is 0 Å². The highest BCUT2D eigenvalue weighted by molar-refractivity contribution is 6.33. The van der Waals surface area contributed by atoms with Crippen molar-refractivity contribution >= 4 is 23.2 Å². The van der Waals surface area contributed by atoms with E-state index in [1.807, 2.05) is 0 Å². The zero-order chi connectivity index (χ0) is 10.0. The molecule has 72 valence electrons. The highest BCUT2D eigenvalue weighted by Crippen LogP contribution is 2.29. The van der Waals surface area contributed by atoms with Gasteiger partial charge in [0.2, 0.25) is 0 Å². The molecule has 13 heavy (non-hydrogen) atoms. The van der Waals surface area contributed by atoms with E-state index in [2.05, 4.69) is 0 Å². The van der Waals surface area contributed by atoms with Gasteiger partial charge in [-0.3, -0.25) is 0 Å². The molecule has 0 bridgehead atoms. The number of aliphatic hydroxyl groups is 1. The van der Waals surface area contributed by atoms with E-state index in [9.17, 15) is 4.39 Å². The molecule has 0 spiro atoms. The van der Waals surface area contributed by atoms with E-state index < -0.39 is 11.9 Å². The van der Waals surface area contributed by atoms with Gasteiger partial charge in [-0.15, -0.1) is 0 Å². The Labute approximate surface area is 85.1 Å². The van der Waals surface area contributed by atoms with Crippen molar-refractivity contribution in [3.05, 3.63) is 33.6 Å². The van der Waals surface area contributed by atoms with Crippen molar-refractivity contribution in [2.45, 2.75) is 6.04 Å². The third kappa shape index (κ3) is 2.11. The normalized spacial score (nSPS) is 13.0. The summed E-state index contributed by atoms with van der Waals surface area (Å²) in [5.41, 5.74) is 5.48. The van der Waals surface area contributed by atoms with Crippen LogP contribution in [0.15, 0.2) is 12.1 Å². The Bertz CT molecular complexity index is 319. The second kappa shape index (κ2) is 4.24. The molecule has 0 fully saturated rings. The van der Waals surface area contributed by atoms with Gasteiger partial charge in [0.05, 0.1) is 17.7 Å². The summed E-state index contributed by atoms with van der Waals surface area (Å²) in [6, 6.07) is 1.94. The topological polar surface area (TPSA) is 46.2 Å². The summed E-state index contributed by atoms with van der Waals surface area (Å²) in [6.45, 7) is -0.378. The molecule has 0 radical (unpaired) electrons. The van der Waals surface area contributed by atoms with Gasteiger partial charge in [-0.1, -0.05) is 23.2 Å². The van der Waals surface area contributed by atoms with E-state index in [0.717, 1.165) is 0 Å². The van der Waals surface area contributed by atoms with Crippen LogP contribution in [0.2, 0.25) is 10.0 Å². The minimum atomic E-state index is -0.841. The Morgan fingerprint density at radius 2 is 1.92 bits per heavy atom. The number of aliphatic hydroxyl groups excluding tert-OH is 1. The molecule has 3 N–H and O–H groups in total. The minimum absolute atomic E-state index is 0.0525. The van der Waals surface area contributed by atoms with Crippen molar-refractivity contribution in [3.63, 3.8) is 0 Å². The van der Waals surface area contributed by atoms with Gasteiger partial charge in [-0.2, -0.15) is 0 Å². The first kappa shape index (κ1) is 10.7. The molecule has 1 atom stereocenters. The van der Waals surface area contributed by atoms with Crippen molar-refractivity contribution < 1.29 is 9.50 Å². The van der Waals surface area contributed by atoms with Gasteiger partial charge < -0.3 is 10.8 Å². The van der Waals surface area contributed by atoms with Gasteiger partial charge in [0, 0.05) is 10.6 Å². The van der Waals surface area contributed by atoms with Crippen LogP contribution in [0, 0.1) is 5.82 Å². The molecule has 0 amide bonds. The maximum Gasteiger partial charge on any atom is 0.148 e. The Kier molecular flexibility index (Phi) is 3.50. The lowest BCUT2D eigenvalue weighted by molar-refractivity contribution is 0.265. The molecule has 0 aliphatic carbocycles. The summed E-state index contributed by atoms with van der Waals surface area (Å²) < 4.78 is 13.3. The SMILES string of the molecule is NC(CO)c1c(Cl)ccc(Cl)c1F. The van der Waals surface area contributed by atoms with Crippen LogP contribution in [0.3, 0.4) is 0 Å². The lowest BCUT2D eigenvalue weighted by Crippen LogP contribution is -2.16. The monoisotopic (exact) mass is 223 g/mol. The van der Waals surface area contributed by atoms with Gasteiger partial charge >= 0.3 is 0 Å². The molecule has 0 aromatic heterocycles. The molecular formula is C8H8Cl2FNO. The summed E-state index contributed by atoms with van der Waals surface area (Å²) in [5.74, 6) is -0.671. The van der Waals surface area contributed by atoms with Crippen LogP contribution in [0.5, 0.6) is 0 Å².